The van der Waals surface area contributed by atoms with Gasteiger partial charge in [-0.2, -0.15) is 8.91 Å². The number of anilines is 1. The summed E-state index contributed by atoms with van der Waals surface area (Å²) >= 11 is 0.857. The second-order valence-electron chi connectivity index (χ2n) is 11.7. The van der Waals surface area contributed by atoms with E-state index in [1.165, 1.54) is 12.1 Å². The largest absolute Gasteiger partial charge is 1.00 e. The molecule has 2 aromatic carbocycles. The Morgan fingerprint density at radius 1 is 1.07 bits per heavy atom. The number of likely N-dealkylation sites (N-methyl/N-ethyl adjacent to an activating group) is 1. The first kappa shape index (κ1) is 36.5. The zero-order valence-electron chi connectivity index (χ0n) is 26.0. The normalized spacial score (nSPS) is 17.7. The van der Waals surface area contributed by atoms with Crippen LogP contribution in [-0.2, 0) is 35.1 Å². The molecule has 0 saturated carbocycles. The first-order chi connectivity index (χ1) is 20.2. The third-order valence-electron chi connectivity index (χ3n) is 8.27. The van der Waals surface area contributed by atoms with Crippen LogP contribution in [-0.4, -0.2) is 47.4 Å². The van der Waals surface area contributed by atoms with Crippen LogP contribution in [0.5, 0.6) is 0 Å². The molecule has 0 bridgehead atoms. The number of fused-ring (bicyclic) bond motifs is 2. The zero-order valence-corrected chi connectivity index (χ0v) is 29.6. The summed E-state index contributed by atoms with van der Waals surface area (Å²) in [6, 6.07) is 10.4. The fourth-order valence-electron chi connectivity index (χ4n) is 6.10. The minimum Gasteiger partial charge on any atom is -0.744 e. The smallest absolute Gasteiger partial charge is 0.744 e. The van der Waals surface area contributed by atoms with E-state index >= 15 is 0 Å². The molecule has 0 aromatic heterocycles. The van der Waals surface area contributed by atoms with Crippen LogP contribution in [0.4, 0.5) is 11.4 Å². The van der Waals surface area contributed by atoms with E-state index < -0.39 is 21.5 Å². The first-order valence-corrected chi connectivity index (χ1v) is 16.3. The van der Waals surface area contributed by atoms with E-state index in [0.29, 0.717) is 13.0 Å². The number of nitrogens with zero attached hydrogens (tertiary/aromatic N) is 2. The van der Waals surface area contributed by atoms with Gasteiger partial charge >= 0.3 is 35.5 Å². The Morgan fingerprint density at radius 2 is 1.80 bits per heavy atom. The molecule has 13 heteroatoms. The molecular formula is C31H37N2NaO8S2. The molecule has 232 valence electrons. The van der Waals surface area contributed by atoms with Gasteiger partial charge in [-0.15, -0.1) is 0 Å². The van der Waals surface area contributed by atoms with Gasteiger partial charge in [0.25, 0.3) is 0 Å². The number of carboxylic acid groups (broad SMARTS) is 1. The summed E-state index contributed by atoms with van der Waals surface area (Å²) in [7, 11) is -4.62. The van der Waals surface area contributed by atoms with Crippen LogP contribution in [0, 0.1) is 0 Å². The number of carbonyl (C=O) groups is 1. The Labute approximate surface area is 285 Å². The fraction of sp³-hybridized carbons (Fsp3) is 0.419. The van der Waals surface area contributed by atoms with Crippen molar-refractivity contribution in [3.05, 3.63) is 71.5 Å². The maximum Gasteiger partial charge on any atom is 1.00 e. The van der Waals surface area contributed by atoms with Crippen LogP contribution in [0.2, 0.25) is 0 Å². The average molecular weight is 653 g/mol. The van der Waals surface area contributed by atoms with Crippen molar-refractivity contribution in [3.8, 4) is 0 Å². The van der Waals surface area contributed by atoms with Gasteiger partial charge in [-0.1, -0.05) is 19.9 Å². The molecule has 1 N–H and O–H groups in total. The number of rotatable bonds is 13. The summed E-state index contributed by atoms with van der Waals surface area (Å²) in [4.78, 5) is 13.7. The van der Waals surface area contributed by atoms with Crippen molar-refractivity contribution in [1.82, 2.24) is 0 Å². The molecule has 2 aromatic rings. The molecule has 2 aliphatic heterocycles. The maximum atomic E-state index is 11.8. The van der Waals surface area contributed by atoms with Gasteiger partial charge in [0.1, 0.15) is 16.7 Å². The Bertz CT molecular complexity index is 1600. The van der Waals surface area contributed by atoms with E-state index in [1.54, 1.807) is 6.07 Å². The molecular weight excluding hydrogens is 615 g/mol. The van der Waals surface area contributed by atoms with Crippen molar-refractivity contribution < 1.29 is 71.6 Å². The SMILES string of the molecule is CCN1/C(=C/C=C/C2=[N+](CCCCCC(=O)O)c3ccc(S(=O)(=O)[O-])cc3C2(C)C)C(C)(C)c2cc(SOO[O-])ccc21.[Na+]. The van der Waals surface area contributed by atoms with Crippen LogP contribution >= 0.6 is 12.0 Å². The number of aliphatic carboxylic acids is 1. The quantitative estimate of drug-likeness (QED) is 0.0650. The molecule has 0 aliphatic carbocycles. The van der Waals surface area contributed by atoms with Crippen molar-refractivity contribution in [3.63, 3.8) is 0 Å². The van der Waals surface area contributed by atoms with Gasteiger partial charge in [-0.05, 0) is 75.6 Å². The summed E-state index contributed by atoms with van der Waals surface area (Å²) < 4.78 is 42.2. The molecule has 0 radical (unpaired) electrons. The molecule has 0 spiro atoms. The first-order valence-electron chi connectivity index (χ1n) is 14.1. The molecule has 0 unspecified atom stereocenters. The van der Waals surface area contributed by atoms with Gasteiger partial charge < -0.3 is 19.8 Å². The predicted octanol–water partition coefficient (Wildman–Crippen LogP) is 2.10. The maximum absolute atomic E-state index is 11.8. The average Bonchev–Trinajstić information content (AvgIpc) is 3.29. The van der Waals surface area contributed by atoms with Gasteiger partial charge in [-0.25, -0.2) is 8.42 Å². The van der Waals surface area contributed by atoms with E-state index in [4.69, 9.17) is 5.11 Å². The van der Waals surface area contributed by atoms with E-state index in [1.807, 2.05) is 44.2 Å². The van der Waals surface area contributed by atoms with Gasteiger partial charge in [0.05, 0.1) is 22.4 Å². The minimum absolute atomic E-state index is 0. The van der Waals surface area contributed by atoms with E-state index in [9.17, 15) is 23.0 Å². The Balaban J connectivity index is 0.00000529. The molecule has 10 nitrogen and oxygen atoms in total. The number of hydrogen-bond donors (Lipinski definition) is 1. The number of allylic oxidation sites excluding steroid dienone is 4. The minimum atomic E-state index is -4.62. The second kappa shape index (κ2) is 14.6. The Morgan fingerprint density at radius 3 is 2.43 bits per heavy atom. The molecule has 0 atom stereocenters. The van der Waals surface area contributed by atoms with Crippen LogP contribution < -0.4 is 39.7 Å². The summed E-state index contributed by atoms with van der Waals surface area (Å²) in [5, 5.41) is 22.8. The van der Waals surface area contributed by atoms with Gasteiger partial charge in [0, 0.05) is 58.8 Å². The van der Waals surface area contributed by atoms with Crippen LogP contribution in [0.1, 0.15) is 71.4 Å². The third-order valence-corrected chi connectivity index (χ3v) is 9.67. The summed E-state index contributed by atoms with van der Waals surface area (Å²) in [6.45, 7) is 11.7. The van der Waals surface area contributed by atoms with Crippen molar-refractivity contribution in [1.29, 1.82) is 0 Å². The summed E-state index contributed by atoms with van der Waals surface area (Å²) in [6.07, 6.45) is 8.28. The zero-order chi connectivity index (χ0) is 31.6. The molecule has 0 fully saturated rings. The molecule has 2 heterocycles. The molecule has 44 heavy (non-hydrogen) atoms. The van der Waals surface area contributed by atoms with Crippen LogP contribution in [0.25, 0.3) is 0 Å². The molecule has 2 aliphatic rings. The van der Waals surface area contributed by atoms with Crippen molar-refractivity contribution in [2.24, 2.45) is 0 Å². The van der Waals surface area contributed by atoms with Crippen LogP contribution in [0.3, 0.4) is 0 Å². The topological polar surface area (TPSA) is 142 Å². The van der Waals surface area contributed by atoms with Crippen molar-refractivity contribution in [2.45, 2.75) is 80.9 Å². The predicted molar refractivity (Wildman–Crippen MR) is 161 cm³/mol. The monoisotopic (exact) mass is 652 g/mol. The van der Waals surface area contributed by atoms with Gasteiger partial charge in [0.15, 0.2) is 5.71 Å². The van der Waals surface area contributed by atoms with Gasteiger partial charge in [-0.3, -0.25) is 9.83 Å². The molecule has 0 saturated heterocycles. The number of unbranched alkanes of at least 4 members (excludes halogenated alkanes) is 2. The number of hydrogen-bond acceptors (Lipinski definition) is 9. The summed E-state index contributed by atoms with van der Waals surface area (Å²) in [5.41, 5.74) is 4.81. The van der Waals surface area contributed by atoms with Crippen molar-refractivity contribution >= 4 is 45.2 Å². The number of benzene rings is 2. The van der Waals surface area contributed by atoms with Crippen LogP contribution in [0.15, 0.2) is 70.1 Å². The summed E-state index contributed by atoms with van der Waals surface area (Å²) in [5.74, 6) is -0.819. The Hall–Kier alpha value is -2.00. The molecule has 0 amide bonds. The standard InChI is InChI=1S/C31H38N2O8S2.Na/c1-6-32-25-16-14-21(42-41-40-36)19-23(25)30(2,3)27(32)11-10-12-28-31(4,5)24-20-22(43(37,38)39)15-17-26(24)33(28)18-9-7-8-13-29(34)35;/h10-12,14-17,19-20H,6-9,13,18H2,1-5H3,(H2-,34,35,36,37,38,39);/q;+1/p-1. The number of carboxylic acids is 1. The van der Waals surface area contributed by atoms with Crippen molar-refractivity contribution in [2.75, 3.05) is 18.0 Å². The Kier molecular flexibility index (Phi) is 12.1. The molecule has 4 rings (SSSR count). The van der Waals surface area contributed by atoms with Gasteiger partial charge in [0.2, 0.25) is 5.69 Å². The van der Waals surface area contributed by atoms with E-state index in [2.05, 4.69) is 45.7 Å². The fourth-order valence-corrected chi connectivity index (χ4v) is 7.00. The van der Waals surface area contributed by atoms with E-state index in [-0.39, 0.29) is 46.3 Å². The third kappa shape index (κ3) is 7.51. The second-order valence-corrected chi connectivity index (χ2v) is 13.8. The van der Waals surface area contributed by atoms with E-state index in [0.717, 1.165) is 70.2 Å².